The third kappa shape index (κ3) is 4.03. The van der Waals surface area contributed by atoms with Crippen LogP contribution in [-0.2, 0) is 6.54 Å². The molecule has 2 rings (SSSR count). The maximum atomic E-state index is 10.9. The highest BCUT2D eigenvalue weighted by molar-refractivity contribution is 6.32. The predicted molar refractivity (Wildman–Crippen MR) is 84.5 cm³/mol. The first-order chi connectivity index (χ1) is 9.97. The first kappa shape index (κ1) is 15.5. The van der Waals surface area contributed by atoms with Gasteiger partial charge in [-0.05, 0) is 31.0 Å². The quantitative estimate of drug-likeness (QED) is 0.657. The number of hydrogen-bond donors (Lipinski definition) is 1. The second-order valence-corrected chi connectivity index (χ2v) is 5.47. The minimum atomic E-state index is -0.462. The van der Waals surface area contributed by atoms with E-state index in [0.29, 0.717) is 6.54 Å². The van der Waals surface area contributed by atoms with Crippen LogP contribution in [0.5, 0.6) is 0 Å². The predicted octanol–water partition coefficient (Wildman–Crippen LogP) is 4.41. The zero-order chi connectivity index (χ0) is 15.4. The van der Waals surface area contributed by atoms with Crippen LogP contribution in [0.25, 0.3) is 0 Å². The smallest absolute Gasteiger partial charge is 0.288 e. The van der Waals surface area contributed by atoms with Crippen molar-refractivity contribution in [2.75, 3.05) is 0 Å². The van der Waals surface area contributed by atoms with E-state index in [-0.39, 0.29) is 16.8 Å². The van der Waals surface area contributed by atoms with Crippen LogP contribution in [0.3, 0.4) is 0 Å². The Morgan fingerprint density at radius 1 is 1.29 bits per heavy atom. The molecule has 1 atom stereocenters. The average molecular weight is 305 g/mol. The van der Waals surface area contributed by atoms with Crippen molar-refractivity contribution in [3.63, 3.8) is 0 Å². The van der Waals surface area contributed by atoms with Crippen molar-refractivity contribution in [2.45, 2.75) is 26.4 Å². The van der Waals surface area contributed by atoms with E-state index in [1.807, 2.05) is 6.07 Å². The summed E-state index contributed by atoms with van der Waals surface area (Å²) in [7, 11) is 0. The fourth-order valence-corrected chi connectivity index (χ4v) is 2.32. The molecule has 0 radical (unpaired) electrons. The summed E-state index contributed by atoms with van der Waals surface area (Å²) in [5, 5.41) is 14.4. The van der Waals surface area contributed by atoms with Gasteiger partial charge in [0, 0.05) is 18.7 Å². The van der Waals surface area contributed by atoms with Gasteiger partial charge >= 0.3 is 0 Å². The first-order valence-corrected chi connectivity index (χ1v) is 7.08. The SMILES string of the molecule is Cc1cccc([C@H](C)NCc2ccc(Cl)c([N+](=O)[O-])c2)c1. The summed E-state index contributed by atoms with van der Waals surface area (Å²) in [6.07, 6.45) is 0. The average Bonchev–Trinajstić information content (AvgIpc) is 2.45. The van der Waals surface area contributed by atoms with Gasteiger partial charge in [-0.25, -0.2) is 0 Å². The molecule has 0 aliphatic carbocycles. The lowest BCUT2D eigenvalue weighted by Gasteiger charge is -2.15. The van der Waals surface area contributed by atoms with Gasteiger partial charge < -0.3 is 5.32 Å². The second-order valence-electron chi connectivity index (χ2n) is 5.06. The standard InChI is InChI=1S/C16H17ClN2O2/c1-11-4-3-5-14(8-11)12(2)18-10-13-6-7-15(17)16(9-13)19(20)21/h3-9,12,18H,10H2,1-2H3/t12-/m0/s1. The molecule has 0 aliphatic rings. The molecule has 0 aromatic heterocycles. The molecule has 0 fully saturated rings. The lowest BCUT2D eigenvalue weighted by molar-refractivity contribution is -0.384. The Kier molecular flexibility index (Phi) is 4.94. The first-order valence-electron chi connectivity index (χ1n) is 6.70. The van der Waals surface area contributed by atoms with Crippen molar-refractivity contribution >= 4 is 17.3 Å². The van der Waals surface area contributed by atoms with Gasteiger partial charge in [0.05, 0.1) is 4.92 Å². The number of nitro benzene ring substituents is 1. The summed E-state index contributed by atoms with van der Waals surface area (Å²) in [6.45, 7) is 4.67. The molecule has 1 N–H and O–H groups in total. The minimum absolute atomic E-state index is 0.0563. The van der Waals surface area contributed by atoms with E-state index in [0.717, 1.165) is 5.56 Å². The summed E-state index contributed by atoms with van der Waals surface area (Å²) in [5.74, 6) is 0. The van der Waals surface area contributed by atoms with Crippen LogP contribution in [0.4, 0.5) is 5.69 Å². The Morgan fingerprint density at radius 2 is 2.05 bits per heavy atom. The molecule has 0 saturated heterocycles. The summed E-state index contributed by atoms with van der Waals surface area (Å²) >= 11 is 5.81. The Hall–Kier alpha value is -1.91. The highest BCUT2D eigenvalue weighted by Gasteiger charge is 2.13. The number of nitrogens with one attached hydrogen (secondary N) is 1. The second kappa shape index (κ2) is 6.70. The van der Waals surface area contributed by atoms with E-state index in [1.165, 1.54) is 17.2 Å². The van der Waals surface area contributed by atoms with Crippen LogP contribution in [-0.4, -0.2) is 4.92 Å². The molecule has 0 spiro atoms. The number of aryl methyl sites for hydroxylation is 1. The topological polar surface area (TPSA) is 55.2 Å². The fourth-order valence-electron chi connectivity index (χ4n) is 2.14. The molecule has 0 saturated carbocycles. The normalized spacial score (nSPS) is 12.1. The van der Waals surface area contributed by atoms with Crippen LogP contribution < -0.4 is 5.32 Å². The van der Waals surface area contributed by atoms with Crippen molar-refractivity contribution in [2.24, 2.45) is 0 Å². The van der Waals surface area contributed by atoms with Crippen LogP contribution in [0.15, 0.2) is 42.5 Å². The number of halogens is 1. The van der Waals surface area contributed by atoms with Crippen LogP contribution in [0.1, 0.15) is 29.7 Å². The van der Waals surface area contributed by atoms with Crippen molar-refractivity contribution < 1.29 is 4.92 Å². The van der Waals surface area contributed by atoms with Gasteiger partial charge in [-0.2, -0.15) is 0 Å². The number of nitrogens with zero attached hydrogens (tertiary/aromatic N) is 1. The highest BCUT2D eigenvalue weighted by atomic mass is 35.5. The molecule has 0 unspecified atom stereocenters. The van der Waals surface area contributed by atoms with Gasteiger partial charge in [0.2, 0.25) is 0 Å². The molecule has 5 heteroatoms. The van der Waals surface area contributed by atoms with E-state index in [4.69, 9.17) is 11.6 Å². The summed E-state index contributed by atoms with van der Waals surface area (Å²) < 4.78 is 0. The van der Waals surface area contributed by atoms with E-state index < -0.39 is 4.92 Å². The summed E-state index contributed by atoms with van der Waals surface area (Å²) in [5.41, 5.74) is 3.19. The van der Waals surface area contributed by atoms with Crippen LogP contribution in [0, 0.1) is 17.0 Å². The van der Waals surface area contributed by atoms with Gasteiger partial charge in [-0.1, -0.05) is 47.5 Å². The van der Waals surface area contributed by atoms with Gasteiger partial charge in [-0.3, -0.25) is 10.1 Å². The number of nitro groups is 1. The Morgan fingerprint density at radius 3 is 2.71 bits per heavy atom. The third-order valence-electron chi connectivity index (χ3n) is 3.36. The number of hydrogen-bond acceptors (Lipinski definition) is 3. The maximum absolute atomic E-state index is 10.9. The summed E-state index contributed by atoms with van der Waals surface area (Å²) in [4.78, 5) is 10.4. The van der Waals surface area contributed by atoms with Crippen molar-refractivity contribution in [3.05, 3.63) is 74.3 Å². The fraction of sp³-hybridized carbons (Fsp3) is 0.250. The molecule has 21 heavy (non-hydrogen) atoms. The number of benzene rings is 2. The number of rotatable bonds is 5. The zero-order valence-electron chi connectivity index (χ0n) is 12.0. The molecule has 0 aliphatic heterocycles. The Labute approximate surface area is 128 Å². The summed E-state index contributed by atoms with van der Waals surface area (Å²) in [6, 6.07) is 13.3. The van der Waals surface area contributed by atoms with E-state index in [1.54, 1.807) is 12.1 Å². The van der Waals surface area contributed by atoms with Gasteiger partial charge in [0.1, 0.15) is 5.02 Å². The Bertz CT molecular complexity index is 658. The molecule has 2 aromatic carbocycles. The monoisotopic (exact) mass is 304 g/mol. The largest absolute Gasteiger partial charge is 0.306 e. The van der Waals surface area contributed by atoms with Crippen LogP contribution >= 0.6 is 11.6 Å². The van der Waals surface area contributed by atoms with Crippen LogP contribution in [0.2, 0.25) is 5.02 Å². The van der Waals surface area contributed by atoms with Gasteiger partial charge in [-0.15, -0.1) is 0 Å². The molecule has 0 bridgehead atoms. The minimum Gasteiger partial charge on any atom is -0.306 e. The van der Waals surface area contributed by atoms with E-state index >= 15 is 0 Å². The van der Waals surface area contributed by atoms with Gasteiger partial charge in [0.25, 0.3) is 5.69 Å². The van der Waals surface area contributed by atoms with Gasteiger partial charge in [0.15, 0.2) is 0 Å². The van der Waals surface area contributed by atoms with Crippen molar-refractivity contribution in [1.82, 2.24) is 5.32 Å². The van der Waals surface area contributed by atoms with Crippen molar-refractivity contribution in [3.8, 4) is 0 Å². The lowest BCUT2D eigenvalue weighted by atomic mass is 10.1. The molecular formula is C16H17ClN2O2. The molecular weight excluding hydrogens is 288 g/mol. The highest BCUT2D eigenvalue weighted by Crippen LogP contribution is 2.25. The molecule has 2 aromatic rings. The lowest BCUT2D eigenvalue weighted by Crippen LogP contribution is -2.18. The molecule has 110 valence electrons. The Balaban J connectivity index is 2.06. The molecule has 0 amide bonds. The molecule has 4 nitrogen and oxygen atoms in total. The third-order valence-corrected chi connectivity index (χ3v) is 3.68. The maximum Gasteiger partial charge on any atom is 0.288 e. The molecule has 0 heterocycles. The zero-order valence-corrected chi connectivity index (χ0v) is 12.7. The van der Waals surface area contributed by atoms with Crippen molar-refractivity contribution in [1.29, 1.82) is 0 Å². The van der Waals surface area contributed by atoms with E-state index in [2.05, 4.69) is 37.4 Å². The van der Waals surface area contributed by atoms with E-state index in [9.17, 15) is 10.1 Å².